The van der Waals surface area contributed by atoms with E-state index in [9.17, 15) is 0 Å². The van der Waals surface area contributed by atoms with Crippen LogP contribution in [0, 0.1) is 5.69 Å². The van der Waals surface area contributed by atoms with Gasteiger partial charge in [0.05, 0.1) is 0 Å². The van der Waals surface area contributed by atoms with Crippen molar-refractivity contribution in [1.29, 1.82) is 0 Å². The van der Waals surface area contributed by atoms with Gasteiger partial charge < -0.3 is 9.92 Å². The molecule has 0 aromatic rings. The standard InChI is InChI=1S/C10H25NOS2/c1-10(2,12-13(3)4)14(5,6)9-7-8-11/h3,13H,7-9,11H2,1-2,4-6H3. The topological polar surface area (TPSA) is 35.2 Å². The molecule has 2 nitrogen and oxygen atoms in total. The normalized spacial score (nSPS) is 16.6. The van der Waals surface area contributed by atoms with Crippen LogP contribution >= 0.6 is 20.6 Å². The van der Waals surface area contributed by atoms with Crippen molar-refractivity contribution >= 4 is 20.6 Å². The van der Waals surface area contributed by atoms with Gasteiger partial charge in [0, 0.05) is 0 Å². The molecule has 4 heteroatoms. The van der Waals surface area contributed by atoms with Crippen LogP contribution in [0.5, 0.6) is 0 Å². The van der Waals surface area contributed by atoms with Gasteiger partial charge in [0.15, 0.2) is 0 Å². The molecule has 0 aliphatic carbocycles. The van der Waals surface area contributed by atoms with Crippen LogP contribution in [0.2, 0.25) is 0 Å². The van der Waals surface area contributed by atoms with Gasteiger partial charge in [-0.25, -0.2) is 10.0 Å². The Balaban J connectivity index is 4.45. The largest absolute Gasteiger partial charge is 0.330 e. The lowest BCUT2D eigenvalue weighted by atomic mass is 10.5. The summed E-state index contributed by atoms with van der Waals surface area (Å²) in [4.78, 5) is -0.0998. The monoisotopic (exact) mass is 239 g/mol. The summed E-state index contributed by atoms with van der Waals surface area (Å²) in [5, 5.41) is 0. The summed E-state index contributed by atoms with van der Waals surface area (Å²) in [6.45, 7) is 5.05. The van der Waals surface area contributed by atoms with Gasteiger partial charge >= 0.3 is 0 Å². The molecule has 0 aromatic carbocycles. The molecule has 0 heterocycles. The van der Waals surface area contributed by atoms with E-state index in [-0.39, 0.29) is 4.93 Å². The molecule has 14 heavy (non-hydrogen) atoms. The van der Waals surface area contributed by atoms with E-state index in [2.05, 4.69) is 26.4 Å². The quantitative estimate of drug-likeness (QED) is 0.722. The highest BCUT2D eigenvalue weighted by Crippen LogP contribution is 2.55. The number of rotatable bonds is 5. The first kappa shape index (κ1) is 14.4. The molecule has 0 spiro atoms. The van der Waals surface area contributed by atoms with Gasteiger partial charge in [0.2, 0.25) is 0 Å². The molecule has 88 valence electrons. The Morgan fingerprint density at radius 3 is 2.29 bits per heavy atom. The average Bonchev–Trinajstić information content (AvgIpc) is 1.98. The molecular formula is C10H25NOS2. The number of thiol groups is 1. The van der Waals surface area contributed by atoms with Gasteiger partial charge in [-0.05, 0) is 51.3 Å². The molecule has 0 rings (SSSR count). The zero-order valence-electron chi connectivity index (χ0n) is 10.0. The van der Waals surface area contributed by atoms with Crippen molar-refractivity contribution in [3.8, 4) is 5.69 Å². The highest BCUT2D eigenvalue weighted by Gasteiger charge is 2.33. The maximum atomic E-state index is 5.84. The molecule has 2 N–H and O–H groups in total. The smallest absolute Gasteiger partial charge is 0.106 e. The second-order valence-corrected chi connectivity index (χ2v) is 10.2. The molecule has 1 atom stereocenters. The van der Waals surface area contributed by atoms with Gasteiger partial charge in [-0.1, -0.05) is 10.6 Å². The van der Waals surface area contributed by atoms with Gasteiger partial charge in [-0.15, -0.1) is 5.69 Å². The van der Waals surface area contributed by atoms with E-state index in [1.165, 1.54) is 0 Å². The molecule has 0 radical (unpaired) electrons. The zero-order chi connectivity index (χ0) is 11.4. The lowest BCUT2D eigenvalue weighted by molar-refractivity contribution is 0.244. The highest BCUT2D eigenvalue weighted by molar-refractivity contribution is 8.33. The number of hydrogen-bond acceptors (Lipinski definition) is 2. The molecule has 0 aliphatic rings. The van der Waals surface area contributed by atoms with Crippen molar-refractivity contribution in [1.82, 2.24) is 0 Å². The van der Waals surface area contributed by atoms with E-state index in [1.54, 1.807) is 0 Å². The highest BCUT2D eigenvalue weighted by atomic mass is 32.3. The summed E-state index contributed by atoms with van der Waals surface area (Å²) >= 11 is 0. The molecular weight excluding hydrogens is 214 g/mol. The summed E-state index contributed by atoms with van der Waals surface area (Å²) in [6.07, 6.45) is 7.60. The lowest BCUT2D eigenvalue weighted by Gasteiger charge is -2.46. The summed E-state index contributed by atoms with van der Waals surface area (Å²) in [7, 11) is -1.56. The van der Waals surface area contributed by atoms with Crippen LogP contribution in [0.4, 0.5) is 0 Å². The van der Waals surface area contributed by atoms with Crippen molar-refractivity contribution in [3.63, 3.8) is 0 Å². The molecule has 0 saturated heterocycles. The van der Waals surface area contributed by atoms with Gasteiger partial charge in [0.1, 0.15) is 4.93 Å². The minimum Gasteiger partial charge on any atom is -0.330 e. The third kappa shape index (κ3) is 4.28. The van der Waals surface area contributed by atoms with Crippen molar-refractivity contribution in [2.75, 3.05) is 31.1 Å². The maximum absolute atomic E-state index is 5.84. The zero-order valence-corrected chi connectivity index (χ0v) is 11.8. The van der Waals surface area contributed by atoms with Crippen LogP contribution in [0.25, 0.3) is 0 Å². The Hall–Kier alpha value is 0.400. The van der Waals surface area contributed by atoms with Crippen LogP contribution in [0.1, 0.15) is 20.3 Å². The Bertz CT molecular complexity index is 240. The van der Waals surface area contributed by atoms with E-state index in [4.69, 9.17) is 15.6 Å². The molecule has 0 aliphatic heterocycles. The number of nitrogens with two attached hydrogens (primary N) is 1. The summed E-state index contributed by atoms with van der Waals surface area (Å²) in [5.74, 6) is 1.15. The average molecular weight is 239 g/mol. The fraction of sp³-hybridized carbons (Fsp3) is 0.900. The molecule has 0 aromatic heterocycles. The Morgan fingerprint density at radius 1 is 1.43 bits per heavy atom. The maximum Gasteiger partial charge on any atom is 0.106 e. The second kappa shape index (κ2) is 5.47. The van der Waals surface area contributed by atoms with Crippen molar-refractivity contribution in [2.24, 2.45) is 5.73 Å². The third-order valence-corrected chi connectivity index (χ3v) is 7.48. The Kier molecular flexibility index (Phi) is 5.63. The SMILES string of the molecule is C#[SH](C)OC(C)(C)S(C)(C)CCCN. The van der Waals surface area contributed by atoms with Crippen molar-refractivity contribution in [2.45, 2.75) is 25.2 Å². The van der Waals surface area contributed by atoms with Crippen LogP contribution < -0.4 is 5.73 Å². The predicted octanol–water partition coefficient (Wildman–Crippen LogP) is 2.29. The van der Waals surface area contributed by atoms with Crippen molar-refractivity contribution < 1.29 is 4.18 Å². The molecule has 1 unspecified atom stereocenters. The third-order valence-electron chi connectivity index (χ3n) is 2.55. The van der Waals surface area contributed by atoms with Gasteiger partial charge in [-0.3, -0.25) is 0 Å². The lowest BCUT2D eigenvalue weighted by Crippen LogP contribution is -2.31. The second-order valence-electron chi connectivity index (χ2n) is 4.42. The minimum atomic E-state index is -0.783. The van der Waals surface area contributed by atoms with E-state index < -0.39 is 20.6 Å². The predicted molar refractivity (Wildman–Crippen MR) is 73.0 cm³/mol. The van der Waals surface area contributed by atoms with Crippen LogP contribution in [-0.2, 0) is 4.18 Å². The first-order valence-electron chi connectivity index (χ1n) is 4.81. The van der Waals surface area contributed by atoms with Crippen LogP contribution in [-0.4, -0.2) is 36.0 Å². The van der Waals surface area contributed by atoms with Crippen LogP contribution in [0.15, 0.2) is 0 Å². The summed E-state index contributed by atoms with van der Waals surface area (Å²) in [6, 6.07) is 0. The minimum absolute atomic E-state index is 0.0998. The Morgan fingerprint density at radius 2 is 1.93 bits per heavy atom. The fourth-order valence-electron chi connectivity index (χ4n) is 1.14. The van der Waals surface area contributed by atoms with Gasteiger partial charge in [0.25, 0.3) is 0 Å². The first-order chi connectivity index (χ1) is 6.23. The first-order valence-corrected chi connectivity index (χ1v) is 9.20. The van der Waals surface area contributed by atoms with E-state index >= 15 is 0 Å². The fourth-order valence-corrected chi connectivity index (χ4v) is 4.37. The van der Waals surface area contributed by atoms with E-state index in [1.807, 2.05) is 6.26 Å². The molecule has 0 saturated carbocycles. The summed E-state index contributed by atoms with van der Waals surface area (Å²) in [5.41, 5.74) is 11.3. The molecule has 0 bridgehead atoms. The van der Waals surface area contributed by atoms with Crippen molar-refractivity contribution in [3.05, 3.63) is 0 Å². The van der Waals surface area contributed by atoms with E-state index in [0.717, 1.165) is 18.7 Å². The molecule has 0 amide bonds. The van der Waals surface area contributed by atoms with Crippen LogP contribution in [0.3, 0.4) is 0 Å². The number of hydrogen-bond donors (Lipinski definition) is 2. The van der Waals surface area contributed by atoms with E-state index in [0.29, 0.717) is 0 Å². The molecule has 0 fully saturated rings. The summed E-state index contributed by atoms with van der Waals surface area (Å²) < 4.78 is 5.84. The Labute approximate surface area is 92.7 Å². The van der Waals surface area contributed by atoms with Gasteiger partial charge in [-0.2, -0.15) is 0 Å².